The summed E-state index contributed by atoms with van der Waals surface area (Å²) in [4.78, 5) is 5.10. The predicted octanol–water partition coefficient (Wildman–Crippen LogP) is 15.6. The Morgan fingerprint density at radius 3 is 1.81 bits per heavy atom. The summed E-state index contributed by atoms with van der Waals surface area (Å²) in [5, 5.41) is 2.10. The second-order valence-corrected chi connectivity index (χ2v) is 18.8. The zero-order chi connectivity index (χ0) is 54.6. The molecule has 0 bridgehead atoms. The number of ether oxygens (including phenoxy) is 1. The molecule has 0 spiro atoms. The van der Waals surface area contributed by atoms with Crippen LogP contribution in [0.2, 0.25) is 0 Å². The van der Waals surface area contributed by atoms with E-state index in [9.17, 15) is 0 Å². The minimum Gasteiger partial charge on any atom is -0.458 e. The van der Waals surface area contributed by atoms with Gasteiger partial charge >= 0.3 is 0 Å². The lowest BCUT2D eigenvalue weighted by Crippen LogP contribution is -2.31. The Labute approximate surface area is 406 Å². The van der Waals surface area contributed by atoms with Gasteiger partial charge in [0.2, 0.25) is 0 Å². The van der Waals surface area contributed by atoms with Gasteiger partial charge < -0.3 is 4.74 Å². The van der Waals surface area contributed by atoms with Crippen LogP contribution >= 0.6 is 0 Å². The number of benzene rings is 8. The monoisotopic (exact) mass is 878 g/mol. The summed E-state index contributed by atoms with van der Waals surface area (Å²) in [6.07, 6.45) is 5.29. The van der Waals surface area contributed by atoms with Crippen LogP contribution in [0.4, 0.5) is 0 Å². The van der Waals surface area contributed by atoms with Gasteiger partial charge in [0.25, 0.3) is 6.33 Å². The van der Waals surface area contributed by atoms with Gasteiger partial charge in [0.1, 0.15) is 17.3 Å². The molecular weight excluding hydrogens is 817 g/mol. The Morgan fingerprint density at radius 2 is 1.12 bits per heavy atom. The maximum atomic E-state index is 9.06. The normalized spacial score (nSPS) is 14.1. The molecule has 11 aromatic rings. The minimum absolute atomic E-state index is 0.0911. The summed E-state index contributed by atoms with van der Waals surface area (Å²) in [5.74, 6) is 1.87. The molecule has 0 amide bonds. The molecule has 0 aliphatic carbocycles. The van der Waals surface area contributed by atoms with E-state index in [2.05, 4.69) is 94.9 Å². The third-order valence-electron chi connectivity index (χ3n) is 12.3. The molecule has 5 heteroatoms. The first-order valence-electron chi connectivity index (χ1n) is 27.3. The second kappa shape index (κ2) is 16.4. The third kappa shape index (κ3) is 7.66. The van der Waals surface area contributed by atoms with Crippen molar-refractivity contribution in [3.05, 3.63) is 224 Å². The average Bonchev–Trinajstić information content (AvgIpc) is 4.06. The molecule has 8 aromatic carbocycles. The Kier molecular flexibility index (Phi) is 7.80. The van der Waals surface area contributed by atoms with Gasteiger partial charge in [-0.1, -0.05) is 187 Å². The van der Waals surface area contributed by atoms with Gasteiger partial charge in [-0.05, 0) is 98.3 Å². The highest BCUT2D eigenvalue weighted by molar-refractivity contribution is 6.10. The highest BCUT2D eigenvalue weighted by atomic mass is 16.5. The molecule has 0 radical (unpaired) electrons. The summed E-state index contributed by atoms with van der Waals surface area (Å²) in [6, 6.07) is 39.9. The van der Waals surface area contributed by atoms with Gasteiger partial charge in [-0.2, -0.15) is 0 Å². The Morgan fingerprint density at radius 1 is 0.522 bits per heavy atom. The summed E-state index contributed by atoms with van der Waals surface area (Å²) in [6.45, 7) is 13.4. The van der Waals surface area contributed by atoms with Crippen LogP contribution in [0.3, 0.4) is 0 Å². The van der Waals surface area contributed by atoms with Crippen LogP contribution in [-0.4, -0.2) is 14.1 Å². The van der Waals surface area contributed by atoms with E-state index in [4.69, 9.17) is 23.4 Å². The van der Waals surface area contributed by atoms with Crippen molar-refractivity contribution in [3.8, 4) is 62.1 Å². The fourth-order valence-corrected chi connectivity index (χ4v) is 8.89. The first-order valence-corrected chi connectivity index (χ1v) is 22.3. The number of rotatable bonds is 8. The summed E-state index contributed by atoms with van der Waals surface area (Å²) < 4.78 is 99.8. The zero-order valence-electron chi connectivity index (χ0n) is 48.1. The van der Waals surface area contributed by atoms with Crippen molar-refractivity contribution in [1.29, 1.82) is 0 Å². The van der Waals surface area contributed by atoms with E-state index in [-0.39, 0.29) is 38.8 Å². The number of imidazole rings is 1. The predicted molar refractivity (Wildman–Crippen MR) is 276 cm³/mol. The second-order valence-electron chi connectivity index (χ2n) is 18.8. The Hall–Kier alpha value is -8.02. The molecule has 0 N–H and O–H groups in total. The van der Waals surface area contributed by atoms with Gasteiger partial charge in [0.15, 0.2) is 0 Å². The van der Waals surface area contributed by atoms with E-state index in [1.165, 1.54) is 11.1 Å². The van der Waals surface area contributed by atoms with E-state index in [1.54, 1.807) is 27.3 Å². The maximum absolute atomic E-state index is 9.06. The first-order chi connectivity index (χ1) is 36.6. The fourth-order valence-electron chi connectivity index (χ4n) is 8.89. The van der Waals surface area contributed by atoms with Crippen molar-refractivity contribution < 1.29 is 23.0 Å². The SMILES string of the molecule is [2H]c1c([2H])c([2H])c(-c2cccc(-c3c([2H])c([2H])c([2H])c([2H])c3[2H])c2-[n+]2[c-]n(-c3cccc(Oc4ccc5c6ccccc6n(-c6ncccc6-c6cc(C(C)(C)C)cc(C(C)(C)C)c6)c5c4)c3)c3ccccc32)c([2H])c1[2H]. The molecule has 11 rings (SSSR count). The van der Waals surface area contributed by atoms with Crippen molar-refractivity contribution in [3.63, 3.8) is 0 Å². The van der Waals surface area contributed by atoms with E-state index < -0.39 is 60.4 Å². The van der Waals surface area contributed by atoms with Gasteiger partial charge in [0.05, 0.1) is 47.1 Å². The first kappa shape index (κ1) is 31.8. The standard InChI is InChI=1S/C62H52N4O/c1-61(2,3)45-36-44(37-46(38-45)62(4,5)6)52-29-19-35-63-60(52)66-55-30-14-13-26-53(55)54-34-33-49(40-58(54)66)67-48-25-17-24-47(39-48)64-41-65(57-32-16-15-31-56(57)64)59-50(42-20-9-7-10-21-42)27-18-28-51(59)43-22-11-8-12-23-43/h7-40H,1-6H3/i7D,8D,9D,10D,11D,12D,20D,21D,22D,23D. The van der Waals surface area contributed by atoms with Crippen LogP contribution in [0.25, 0.3) is 83.4 Å². The quantitative estimate of drug-likeness (QED) is 0.113. The summed E-state index contributed by atoms with van der Waals surface area (Å²) in [7, 11) is 0. The Bertz CT molecular complexity index is 4060. The molecule has 0 saturated heterocycles. The molecule has 0 aliphatic rings. The van der Waals surface area contributed by atoms with Crippen LogP contribution in [0, 0.1) is 6.33 Å². The number of para-hydroxylation sites is 4. The van der Waals surface area contributed by atoms with Crippen molar-refractivity contribution in [2.75, 3.05) is 0 Å². The van der Waals surface area contributed by atoms with Crippen LogP contribution in [0.5, 0.6) is 11.5 Å². The Balaban J connectivity index is 1.06. The third-order valence-corrected chi connectivity index (χ3v) is 12.3. The topological polar surface area (TPSA) is 35.9 Å². The molecule has 3 aromatic heterocycles. The van der Waals surface area contributed by atoms with E-state index in [0.29, 0.717) is 28.2 Å². The molecule has 3 heterocycles. The lowest BCUT2D eigenvalue weighted by atomic mass is 9.79. The van der Waals surface area contributed by atoms with Crippen molar-refractivity contribution in [1.82, 2.24) is 14.1 Å². The van der Waals surface area contributed by atoms with Crippen LogP contribution in [0.15, 0.2) is 206 Å². The van der Waals surface area contributed by atoms with Crippen LogP contribution in [-0.2, 0) is 10.8 Å². The molecule has 0 unspecified atom stereocenters. The van der Waals surface area contributed by atoms with Crippen molar-refractivity contribution in [2.45, 2.75) is 52.4 Å². The van der Waals surface area contributed by atoms with Crippen molar-refractivity contribution in [2.24, 2.45) is 0 Å². The minimum atomic E-state index is -0.567. The van der Waals surface area contributed by atoms with E-state index in [1.807, 2.05) is 85.1 Å². The van der Waals surface area contributed by atoms with Gasteiger partial charge in [0, 0.05) is 28.6 Å². The van der Waals surface area contributed by atoms with Gasteiger partial charge in [-0.25, -0.2) is 4.98 Å². The number of fused-ring (bicyclic) bond motifs is 4. The smallest absolute Gasteiger partial charge is 0.269 e. The molecule has 326 valence electrons. The molecule has 0 atom stereocenters. The molecular formula is C62H52N4O. The van der Waals surface area contributed by atoms with Crippen molar-refractivity contribution >= 4 is 32.8 Å². The largest absolute Gasteiger partial charge is 0.458 e. The number of pyridine rings is 1. The van der Waals surface area contributed by atoms with E-state index >= 15 is 0 Å². The maximum Gasteiger partial charge on any atom is 0.269 e. The number of aromatic nitrogens is 4. The van der Waals surface area contributed by atoms with Gasteiger partial charge in [-0.3, -0.25) is 13.7 Å². The lowest BCUT2D eigenvalue weighted by Gasteiger charge is -2.26. The fraction of sp³-hybridized carbons (Fsp3) is 0.129. The van der Waals surface area contributed by atoms with Crippen LogP contribution in [0.1, 0.15) is 66.4 Å². The number of nitrogens with zero attached hydrogens (tertiary/aromatic N) is 4. The lowest BCUT2D eigenvalue weighted by molar-refractivity contribution is -0.571. The highest BCUT2D eigenvalue weighted by Gasteiger charge is 2.24. The molecule has 0 fully saturated rings. The molecule has 0 saturated carbocycles. The summed E-state index contributed by atoms with van der Waals surface area (Å²) in [5.41, 5.74) is 8.35. The number of hydrogen-bond acceptors (Lipinski definition) is 2. The highest BCUT2D eigenvalue weighted by Crippen LogP contribution is 2.41. The van der Waals surface area contributed by atoms with E-state index in [0.717, 1.165) is 38.8 Å². The number of hydrogen-bond donors (Lipinski definition) is 0. The van der Waals surface area contributed by atoms with Gasteiger partial charge in [-0.15, -0.1) is 0 Å². The zero-order valence-corrected chi connectivity index (χ0v) is 38.1. The molecule has 5 nitrogen and oxygen atoms in total. The van der Waals surface area contributed by atoms with Crippen LogP contribution < -0.4 is 9.30 Å². The molecule has 67 heavy (non-hydrogen) atoms. The average molecular weight is 879 g/mol. The molecule has 0 aliphatic heterocycles. The summed E-state index contributed by atoms with van der Waals surface area (Å²) >= 11 is 0.